The number of carbonyl (C=O) groups is 2. The molecule has 0 N–H and O–H groups in total. The smallest absolute Gasteiger partial charge is 0.410 e. The highest BCUT2D eigenvalue weighted by Crippen LogP contribution is 2.45. The Hall–Kier alpha value is -3.54. The summed E-state index contributed by atoms with van der Waals surface area (Å²) in [5.74, 6) is -2.25. The normalized spacial score (nSPS) is 22.3. The van der Waals surface area contributed by atoms with E-state index < -0.39 is 11.6 Å². The molecular formula is C30H27F2NO3. The second-order valence-electron chi connectivity index (χ2n) is 10.1. The Bertz CT molecular complexity index is 1280. The van der Waals surface area contributed by atoms with Gasteiger partial charge in [-0.25, -0.2) is 13.6 Å². The summed E-state index contributed by atoms with van der Waals surface area (Å²) in [5.41, 5.74) is 4.80. The largest absolute Gasteiger partial charge is 0.448 e. The van der Waals surface area contributed by atoms with E-state index in [2.05, 4.69) is 24.3 Å². The molecule has 2 fully saturated rings. The van der Waals surface area contributed by atoms with Gasteiger partial charge in [0.25, 0.3) is 0 Å². The summed E-state index contributed by atoms with van der Waals surface area (Å²) in [6, 6.07) is 20.3. The van der Waals surface area contributed by atoms with Crippen LogP contribution in [0.5, 0.6) is 0 Å². The van der Waals surface area contributed by atoms with Crippen molar-refractivity contribution in [1.82, 2.24) is 4.90 Å². The molecule has 0 saturated carbocycles. The van der Waals surface area contributed by atoms with Crippen molar-refractivity contribution >= 4 is 11.9 Å². The number of ether oxygens (including phenoxy) is 1. The number of hydrogen-bond donors (Lipinski definition) is 0. The molecule has 4 nitrogen and oxygen atoms in total. The number of ketones is 1. The molecule has 3 aromatic rings. The van der Waals surface area contributed by atoms with Crippen LogP contribution in [-0.2, 0) is 16.0 Å². The van der Waals surface area contributed by atoms with E-state index in [0.29, 0.717) is 12.8 Å². The van der Waals surface area contributed by atoms with Gasteiger partial charge in [-0.05, 0) is 59.6 Å². The maximum absolute atomic E-state index is 14.1. The molecule has 2 aliphatic heterocycles. The quantitative estimate of drug-likeness (QED) is 0.426. The van der Waals surface area contributed by atoms with Crippen LogP contribution in [0.15, 0.2) is 66.7 Å². The summed E-state index contributed by atoms with van der Waals surface area (Å²) in [6.07, 6.45) is 2.28. The molecule has 6 heteroatoms. The number of fused-ring (bicyclic) bond motifs is 5. The van der Waals surface area contributed by atoms with Crippen molar-refractivity contribution in [3.63, 3.8) is 0 Å². The molecule has 184 valence electrons. The molecular weight excluding hydrogens is 460 g/mol. The second kappa shape index (κ2) is 9.16. The van der Waals surface area contributed by atoms with Gasteiger partial charge in [-0.1, -0.05) is 60.7 Å². The van der Waals surface area contributed by atoms with Crippen molar-refractivity contribution < 1.29 is 23.1 Å². The molecule has 0 aromatic heterocycles. The number of hydrogen-bond acceptors (Lipinski definition) is 3. The van der Waals surface area contributed by atoms with E-state index in [0.717, 1.165) is 18.9 Å². The molecule has 2 heterocycles. The van der Waals surface area contributed by atoms with Crippen molar-refractivity contribution in [2.24, 2.45) is 5.92 Å². The number of carbonyl (C=O) groups excluding carboxylic acids is 2. The van der Waals surface area contributed by atoms with E-state index in [9.17, 15) is 18.4 Å². The van der Waals surface area contributed by atoms with E-state index in [-0.39, 0.29) is 54.4 Å². The molecule has 2 atom stereocenters. The zero-order chi connectivity index (χ0) is 24.8. The van der Waals surface area contributed by atoms with E-state index >= 15 is 0 Å². The van der Waals surface area contributed by atoms with Crippen molar-refractivity contribution in [3.05, 3.63) is 95.1 Å². The summed E-state index contributed by atoms with van der Waals surface area (Å²) in [5, 5.41) is 0. The van der Waals surface area contributed by atoms with Crippen molar-refractivity contribution in [2.75, 3.05) is 6.61 Å². The van der Waals surface area contributed by atoms with Gasteiger partial charge in [0.05, 0.1) is 0 Å². The van der Waals surface area contributed by atoms with Gasteiger partial charge in [-0.2, -0.15) is 0 Å². The zero-order valence-electron chi connectivity index (χ0n) is 19.8. The predicted octanol–water partition coefficient (Wildman–Crippen LogP) is 6.27. The molecule has 2 saturated heterocycles. The van der Waals surface area contributed by atoms with Crippen LogP contribution in [0, 0.1) is 17.6 Å². The minimum atomic E-state index is -0.954. The number of piperidine rings is 1. The number of benzene rings is 3. The molecule has 6 rings (SSSR count). The minimum Gasteiger partial charge on any atom is -0.448 e. The first-order valence-electron chi connectivity index (χ1n) is 12.6. The number of amides is 1. The van der Waals surface area contributed by atoms with Gasteiger partial charge in [0.2, 0.25) is 0 Å². The van der Waals surface area contributed by atoms with Gasteiger partial charge in [0.15, 0.2) is 11.6 Å². The van der Waals surface area contributed by atoms with Gasteiger partial charge in [0.1, 0.15) is 12.4 Å². The van der Waals surface area contributed by atoms with Crippen LogP contribution in [0.1, 0.15) is 48.3 Å². The number of nitrogens with zero attached hydrogens (tertiary/aromatic N) is 1. The summed E-state index contributed by atoms with van der Waals surface area (Å²) < 4.78 is 33.5. The first kappa shape index (κ1) is 22.9. The van der Waals surface area contributed by atoms with Crippen molar-refractivity contribution in [2.45, 2.75) is 50.1 Å². The lowest BCUT2D eigenvalue weighted by Gasteiger charge is -2.37. The van der Waals surface area contributed by atoms with E-state index in [1.165, 1.54) is 34.4 Å². The third-order valence-corrected chi connectivity index (χ3v) is 8.13. The third kappa shape index (κ3) is 3.89. The average molecular weight is 488 g/mol. The average Bonchev–Trinajstić information content (AvgIpc) is 3.35. The first-order chi connectivity index (χ1) is 17.5. The number of rotatable bonds is 5. The lowest BCUT2D eigenvalue weighted by atomic mass is 9.85. The SMILES string of the molecule is O=C(Cc1cccc(F)c1F)C1CC2CCC(C1)N2C(=O)OCC1c2ccccc2-c2ccccc21. The summed E-state index contributed by atoms with van der Waals surface area (Å²) in [4.78, 5) is 28.0. The monoisotopic (exact) mass is 487 g/mol. The Balaban J connectivity index is 1.11. The fourth-order valence-corrected chi connectivity index (χ4v) is 6.42. The van der Waals surface area contributed by atoms with Crippen LogP contribution in [0.25, 0.3) is 11.1 Å². The first-order valence-corrected chi connectivity index (χ1v) is 12.6. The topological polar surface area (TPSA) is 46.6 Å². The fraction of sp³-hybridized carbons (Fsp3) is 0.333. The molecule has 0 radical (unpaired) electrons. The minimum absolute atomic E-state index is 0.000663. The molecule has 3 aromatic carbocycles. The Labute approximate surface area is 208 Å². The van der Waals surface area contributed by atoms with Crippen LogP contribution >= 0.6 is 0 Å². The van der Waals surface area contributed by atoms with Crippen LogP contribution in [-0.4, -0.2) is 35.5 Å². The molecule has 1 amide bonds. The molecule has 2 unspecified atom stereocenters. The Morgan fingerprint density at radius 2 is 1.44 bits per heavy atom. The van der Waals surface area contributed by atoms with Crippen molar-refractivity contribution in [3.8, 4) is 11.1 Å². The lowest BCUT2D eigenvalue weighted by molar-refractivity contribution is -0.124. The van der Waals surface area contributed by atoms with E-state index in [1.54, 1.807) is 0 Å². The van der Waals surface area contributed by atoms with Crippen LogP contribution in [0.2, 0.25) is 0 Å². The maximum Gasteiger partial charge on any atom is 0.410 e. The molecule has 1 aliphatic carbocycles. The highest BCUT2D eigenvalue weighted by atomic mass is 19.2. The Morgan fingerprint density at radius 1 is 0.833 bits per heavy atom. The highest BCUT2D eigenvalue weighted by molar-refractivity contribution is 5.84. The molecule has 0 spiro atoms. The standard InChI is InChI=1S/C30H27F2NO3/c31-27-11-5-6-18(29(27)32)16-28(34)19-14-20-12-13-21(15-19)33(20)30(35)36-17-26-24-9-3-1-7-22(24)23-8-2-4-10-25(23)26/h1-11,19-21,26H,12-17H2. The van der Waals surface area contributed by atoms with Gasteiger partial charge in [-0.3, -0.25) is 4.79 Å². The summed E-state index contributed by atoms with van der Waals surface area (Å²) in [6.45, 7) is 0.268. The van der Waals surface area contributed by atoms with Gasteiger partial charge < -0.3 is 9.64 Å². The maximum atomic E-state index is 14.1. The second-order valence-corrected chi connectivity index (χ2v) is 10.1. The Kier molecular flexibility index (Phi) is 5.82. The van der Waals surface area contributed by atoms with Gasteiger partial charge >= 0.3 is 6.09 Å². The highest BCUT2D eigenvalue weighted by Gasteiger charge is 2.46. The molecule has 3 aliphatic rings. The van der Waals surface area contributed by atoms with Gasteiger partial charge in [-0.15, -0.1) is 0 Å². The fourth-order valence-electron chi connectivity index (χ4n) is 6.42. The van der Waals surface area contributed by atoms with E-state index in [1.807, 2.05) is 29.2 Å². The van der Waals surface area contributed by atoms with Gasteiger partial charge in [0, 0.05) is 30.3 Å². The number of Topliss-reactive ketones (excluding diaryl/α,β-unsaturated/α-hetero) is 1. The van der Waals surface area contributed by atoms with Crippen LogP contribution in [0.3, 0.4) is 0 Å². The number of halogens is 2. The molecule has 2 bridgehead atoms. The zero-order valence-corrected chi connectivity index (χ0v) is 19.8. The van der Waals surface area contributed by atoms with Crippen LogP contribution < -0.4 is 0 Å². The predicted molar refractivity (Wildman–Crippen MR) is 132 cm³/mol. The van der Waals surface area contributed by atoms with E-state index in [4.69, 9.17) is 4.74 Å². The van der Waals surface area contributed by atoms with Crippen LogP contribution in [0.4, 0.5) is 13.6 Å². The summed E-state index contributed by atoms with van der Waals surface area (Å²) in [7, 11) is 0. The third-order valence-electron chi connectivity index (χ3n) is 8.13. The lowest BCUT2D eigenvalue weighted by Crippen LogP contribution is -2.48. The Morgan fingerprint density at radius 3 is 2.08 bits per heavy atom. The summed E-state index contributed by atoms with van der Waals surface area (Å²) >= 11 is 0. The van der Waals surface area contributed by atoms with Crippen molar-refractivity contribution in [1.29, 1.82) is 0 Å². The molecule has 36 heavy (non-hydrogen) atoms.